The summed E-state index contributed by atoms with van der Waals surface area (Å²) in [7, 11) is -1.34. The highest BCUT2D eigenvalue weighted by atomic mass is 32.2. The Bertz CT molecular complexity index is 977. The number of nitrogens with one attached hydrogen (secondary N) is 2. The molecule has 1 saturated carbocycles. The number of hydrogen-bond acceptors (Lipinski definition) is 4. The number of likely N-dealkylation sites (N-methyl/N-ethyl adjacent to an activating group) is 1. The number of sulfonamides is 1. The molecule has 2 atom stereocenters. The van der Waals surface area contributed by atoms with E-state index in [0.29, 0.717) is 12.8 Å². The second-order valence-corrected chi connectivity index (χ2v) is 10.3. The van der Waals surface area contributed by atoms with Crippen LogP contribution in [0, 0.1) is 5.82 Å². The van der Waals surface area contributed by atoms with Crippen molar-refractivity contribution >= 4 is 10.0 Å². The first kappa shape index (κ1) is 21.3. The van der Waals surface area contributed by atoms with Gasteiger partial charge < -0.3 is 10.1 Å². The van der Waals surface area contributed by atoms with Crippen molar-refractivity contribution in [3.63, 3.8) is 0 Å². The minimum Gasteiger partial charge on any atom is -0.489 e. The highest BCUT2D eigenvalue weighted by Gasteiger charge is 2.33. The standard InChI is InChI=1S/C23H29FN2O3S/c1-25-22-14-17-13-21(24)23(29-11-10-26-30(27,28)18-8-5-9-18)15-19(17)20(22)12-16-6-3-2-4-7-16/h2-4,6-7,13,15,18,20,22,25-26H,5,8-12,14H2,1H3. The van der Waals surface area contributed by atoms with Gasteiger partial charge in [-0.1, -0.05) is 36.8 Å². The van der Waals surface area contributed by atoms with Crippen molar-refractivity contribution in [1.82, 2.24) is 10.0 Å². The molecule has 0 amide bonds. The van der Waals surface area contributed by atoms with Gasteiger partial charge in [-0.25, -0.2) is 17.5 Å². The van der Waals surface area contributed by atoms with E-state index >= 15 is 0 Å². The lowest BCUT2D eigenvalue weighted by Gasteiger charge is -2.25. The Morgan fingerprint density at radius 1 is 1.17 bits per heavy atom. The lowest BCUT2D eigenvalue weighted by molar-refractivity contribution is 0.305. The zero-order chi connectivity index (χ0) is 21.1. The van der Waals surface area contributed by atoms with Crippen LogP contribution in [-0.2, 0) is 22.9 Å². The minimum absolute atomic E-state index is 0.0977. The summed E-state index contributed by atoms with van der Waals surface area (Å²) in [6.07, 6.45) is 4.03. The third kappa shape index (κ3) is 4.53. The van der Waals surface area contributed by atoms with Crippen molar-refractivity contribution < 1.29 is 17.5 Å². The summed E-state index contributed by atoms with van der Waals surface area (Å²) in [6, 6.07) is 13.9. The quantitative estimate of drug-likeness (QED) is 0.598. The average molecular weight is 433 g/mol. The molecule has 0 radical (unpaired) electrons. The number of halogens is 1. The van der Waals surface area contributed by atoms with Crippen LogP contribution in [0.15, 0.2) is 42.5 Å². The van der Waals surface area contributed by atoms with Gasteiger partial charge in [0, 0.05) is 18.5 Å². The first-order chi connectivity index (χ1) is 14.5. The van der Waals surface area contributed by atoms with Gasteiger partial charge in [0.25, 0.3) is 0 Å². The maximum atomic E-state index is 14.6. The first-order valence-electron chi connectivity index (χ1n) is 10.6. The Hall–Kier alpha value is -1.96. The molecule has 2 aliphatic rings. The maximum Gasteiger partial charge on any atom is 0.214 e. The zero-order valence-corrected chi connectivity index (χ0v) is 18.1. The zero-order valence-electron chi connectivity index (χ0n) is 17.2. The molecule has 2 aromatic rings. The van der Waals surface area contributed by atoms with Crippen molar-refractivity contribution in [1.29, 1.82) is 0 Å². The van der Waals surface area contributed by atoms with Gasteiger partial charge in [-0.2, -0.15) is 0 Å². The molecule has 30 heavy (non-hydrogen) atoms. The van der Waals surface area contributed by atoms with Gasteiger partial charge >= 0.3 is 0 Å². The number of hydrogen-bond donors (Lipinski definition) is 2. The van der Waals surface area contributed by atoms with Gasteiger partial charge in [0.15, 0.2) is 11.6 Å². The van der Waals surface area contributed by atoms with E-state index in [0.717, 1.165) is 30.4 Å². The molecule has 2 aliphatic carbocycles. The molecule has 0 aliphatic heterocycles. The molecule has 1 fully saturated rings. The Labute approximate surface area is 178 Å². The van der Waals surface area contributed by atoms with E-state index in [-0.39, 0.29) is 36.1 Å². The van der Waals surface area contributed by atoms with Gasteiger partial charge in [0.05, 0.1) is 5.25 Å². The van der Waals surface area contributed by atoms with E-state index in [1.165, 1.54) is 5.56 Å². The highest BCUT2D eigenvalue weighted by Crippen LogP contribution is 2.39. The molecular formula is C23H29FN2O3S. The van der Waals surface area contributed by atoms with Gasteiger partial charge in [0.2, 0.25) is 10.0 Å². The van der Waals surface area contributed by atoms with Crippen molar-refractivity contribution in [2.75, 3.05) is 20.2 Å². The summed E-state index contributed by atoms with van der Waals surface area (Å²) < 4.78 is 47.0. The van der Waals surface area contributed by atoms with Crippen LogP contribution in [0.1, 0.15) is 41.9 Å². The number of benzene rings is 2. The largest absolute Gasteiger partial charge is 0.489 e. The Balaban J connectivity index is 1.43. The molecule has 4 rings (SSSR count). The maximum absolute atomic E-state index is 14.6. The van der Waals surface area contributed by atoms with E-state index in [4.69, 9.17) is 4.74 Å². The van der Waals surface area contributed by atoms with E-state index in [2.05, 4.69) is 22.2 Å². The SMILES string of the molecule is CNC1Cc2cc(F)c(OCCNS(=O)(=O)C3CCC3)cc2C1Cc1ccccc1. The van der Waals surface area contributed by atoms with Gasteiger partial charge in [0.1, 0.15) is 6.61 Å². The van der Waals surface area contributed by atoms with Crippen molar-refractivity contribution in [3.8, 4) is 5.75 Å². The van der Waals surface area contributed by atoms with Gasteiger partial charge in [-0.05, 0) is 61.6 Å². The first-order valence-corrected chi connectivity index (χ1v) is 12.2. The monoisotopic (exact) mass is 432 g/mol. The van der Waals surface area contributed by atoms with Gasteiger partial charge in [-0.3, -0.25) is 0 Å². The lowest BCUT2D eigenvalue weighted by atomic mass is 9.91. The van der Waals surface area contributed by atoms with E-state index < -0.39 is 15.8 Å². The molecule has 0 heterocycles. The molecular weight excluding hydrogens is 403 g/mol. The molecule has 5 nitrogen and oxygen atoms in total. The van der Waals surface area contributed by atoms with Crippen molar-refractivity contribution in [2.45, 2.75) is 49.3 Å². The van der Waals surface area contributed by atoms with Crippen LogP contribution < -0.4 is 14.8 Å². The fourth-order valence-electron chi connectivity index (χ4n) is 4.41. The highest BCUT2D eigenvalue weighted by molar-refractivity contribution is 7.90. The summed E-state index contributed by atoms with van der Waals surface area (Å²) in [4.78, 5) is 0. The summed E-state index contributed by atoms with van der Waals surface area (Å²) in [5.41, 5.74) is 3.35. The number of rotatable bonds is 9. The fraction of sp³-hybridized carbons (Fsp3) is 0.478. The Kier molecular flexibility index (Phi) is 6.41. The Morgan fingerprint density at radius 2 is 1.93 bits per heavy atom. The smallest absolute Gasteiger partial charge is 0.214 e. The van der Waals surface area contributed by atoms with Crippen LogP contribution in [0.5, 0.6) is 5.75 Å². The van der Waals surface area contributed by atoms with Crippen molar-refractivity contribution in [2.24, 2.45) is 0 Å². The molecule has 0 spiro atoms. The van der Waals surface area contributed by atoms with E-state index in [1.807, 2.05) is 25.2 Å². The van der Waals surface area contributed by atoms with Crippen LogP contribution in [0.2, 0.25) is 0 Å². The van der Waals surface area contributed by atoms with Crippen LogP contribution >= 0.6 is 0 Å². The molecule has 162 valence electrons. The molecule has 0 saturated heterocycles. The predicted molar refractivity (Wildman–Crippen MR) is 116 cm³/mol. The van der Waals surface area contributed by atoms with Crippen molar-refractivity contribution in [3.05, 3.63) is 65.0 Å². The average Bonchev–Trinajstić information content (AvgIpc) is 3.00. The normalized spacial score (nSPS) is 21.3. The summed E-state index contributed by atoms with van der Waals surface area (Å²) in [6.45, 7) is 0.238. The van der Waals surface area contributed by atoms with Crippen LogP contribution in [0.4, 0.5) is 4.39 Å². The third-order valence-electron chi connectivity index (χ3n) is 6.34. The lowest BCUT2D eigenvalue weighted by Crippen LogP contribution is -2.40. The number of fused-ring (bicyclic) bond motifs is 1. The third-order valence-corrected chi connectivity index (χ3v) is 8.30. The van der Waals surface area contributed by atoms with E-state index in [1.54, 1.807) is 12.1 Å². The predicted octanol–water partition coefficient (Wildman–Crippen LogP) is 3.15. The molecule has 2 N–H and O–H groups in total. The van der Waals surface area contributed by atoms with Crippen LogP contribution in [-0.4, -0.2) is 39.9 Å². The summed E-state index contributed by atoms with van der Waals surface area (Å²) >= 11 is 0. The second-order valence-electron chi connectivity index (χ2n) is 8.22. The van der Waals surface area contributed by atoms with E-state index in [9.17, 15) is 12.8 Å². The second kappa shape index (κ2) is 9.04. The molecule has 0 aromatic heterocycles. The van der Waals surface area contributed by atoms with Crippen LogP contribution in [0.25, 0.3) is 0 Å². The Morgan fingerprint density at radius 3 is 2.60 bits per heavy atom. The summed E-state index contributed by atoms with van der Waals surface area (Å²) in [5, 5.41) is 3.08. The van der Waals surface area contributed by atoms with Gasteiger partial charge in [-0.15, -0.1) is 0 Å². The molecule has 2 unspecified atom stereocenters. The fourth-order valence-corrected chi connectivity index (χ4v) is 5.96. The number of ether oxygens (including phenoxy) is 1. The van der Waals surface area contributed by atoms with Crippen LogP contribution in [0.3, 0.4) is 0 Å². The minimum atomic E-state index is -3.28. The molecule has 2 aromatic carbocycles. The topological polar surface area (TPSA) is 67.4 Å². The summed E-state index contributed by atoms with van der Waals surface area (Å²) in [5.74, 6) is 0.0182. The molecule has 0 bridgehead atoms. The molecule has 7 heteroatoms.